The van der Waals surface area contributed by atoms with Gasteiger partial charge in [-0.2, -0.15) is 0 Å². The van der Waals surface area contributed by atoms with E-state index in [2.05, 4.69) is 20.8 Å². The molecule has 0 saturated heterocycles. The molecule has 1 heterocycles. The van der Waals surface area contributed by atoms with Crippen molar-refractivity contribution in [2.45, 2.75) is 25.0 Å². The van der Waals surface area contributed by atoms with Crippen molar-refractivity contribution in [2.75, 3.05) is 11.1 Å². The molecule has 1 aromatic heterocycles. The highest BCUT2D eigenvalue weighted by molar-refractivity contribution is 7.99. The summed E-state index contributed by atoms with van der Waals surface area (Å²) >= 11 is 13.2. The molecule has 2 aromatic carbocycles. The van der Waals surface area contributed by atoms with Gasteiger partial charge in [-0.05, 0) is 55.8 Å². The molecule has 10 heteroatoms. The van der Waals surface area contributed by atoms with Crippen LogP contribution in [0.5, 0.6) is 0 Å². The maximum absolute atomic E-state index is 12.4. The van der Waals surface area contributed by atoms with E-state index in [1.54, 1.807) is 54.1 Å². The summed E-state index contributed by atoms with van der Waals surface area (Å²) in [7, 11) is 1.79. The number of amides is 2. The Labute approximate surface area is 194 Å². The number of thioether (sulfide) groups is 1. The van der Waals surface area contributed by atoms with E-state index in [4.69, 9.17) is 23.2 Å². The molecule has 2 amide bonds. The Kier molecular flexibility index (Phi) is 7.59. The summed E-state index contributed by atoms with van der Waals surface area (Å²) in [4.78, 5) is 24.7. The van der Waals surface area contributed by atoms with E-state index >= 15 is 0 Å². The third-order valence-electron chi connectivity index (χ3n) is 4.58. The van der Waals surface area contributed by atoms with Crippen LogP contribution < -0.4 is 10.6 Å². The van der Waals surface area contributed by atoms with Crippen molar-refractivity contribution in [1.29, 1.82) is 0 Å². The SMILES string of the molecule is Cc1c(Cl)cccc1NC(=O)CSc1nnc([C@@H](C)NC(=O)c2ccc(Cl)cc2)n1C. The van der Waals surface area contributed by atoms with E-state index in [-0.39, 0.29) is 23.6 Å². The predicted octanol–water partition coefficient (Wildman–Crippen LogP) is 4.65. The lowest BCUT2D eigenvalue weighted by Gasteiger charge is -2.14. The maximum atomic E-state index is 12.4. The number of rotatable bonds is 7. The van der Waals surface area contributed by atoms with Crippen LogP contribution in [0, 0.1) is 6.92 Å². The monoisotopic (exact) mass is 477 g/mol. The van der Waals surface area contributed by atoms with E-state index in [1.165, 1.54) is 11.8 Å². The zero-order valence-corrected chi connectivity index (χ0v) is 19.5. The summed E-state index contributed by atoms with van der Waals surface area (Å²) in [5, 5.41) is 15.8. The molecule has 3 aromatic rings. The Bertz CT molecular complexity index is 1100. The first-order chi connectivity index (χ1) is 14.8. The van der Waals surface area contributed by atoms with E-state index in [1.807, 2.05) is 13.8 Å². The molecule has 7 nitrogen and oxygen atoms in total. The van der Waals surface area contributed by atoms with Crippen LogP contribution in [0.25, 0.3) is 0 Å². The number of nitrogens with one attached hydrogen (secondary N) is 2. The zero-order chi connectivity index (χ0) is 22.5. The number of benzene rings is 2. The molecule has 0 radical (unpaired) electrons. The fourth-order valence-corrected chi connectivity index (χ4v) is 3.85. The van der Waals surface area contributed by atoms with Crippen LogP contribution in [0.2, 0.25) is 10.0 Å². The number of halogens is 2. The van der Waals surface area contributed by atoms with Crippen LogP contribution in [-0.2, 0) is 11.8 Å². The smallest absolute Gasteiger partial charge is 0.251 e. The van der Waals surface area contributed by atoms with Crippen LogP contribution in [-0.4, -0.2) is 32.3 Å². The molecule has 0 saturated carbocycles. The van der Waals surface area contributed by atoms with E-state index < -0.39 is 0 Å². The van der Waals surface area contributed by atoms with Gasteiger partial charge >= 0.3 is 0 Å². The van der Waals surface area contributed by atoms with Gasteiger partial charge in [-0.3, -0.25) is 9.59 Å². The van der Waals surface area contributed by atoms with Crippen molar-refractivity contribution in [2.24, 2.45) is 7.05 Å². The number of hydrogen-bond donors (Lipinski definition) is 2. The number of anilines is 1. The predicted molar refractivity (Wildman–Crippen MR) is 124 cm³/mol. The minimum atomic E-state index is -0.377. The molecule has 0 bridgehead atoms. The van der Waals surface area contributed by atoms with Crippen LogP contribution in [0.4, 0.5) is 5.69 Å². The average Bonchev–Trinajstić information content (AvgIpc) is 3.11. The molecule has 0 unspecified atom stereocenters. The van der Waals surface area contributed by atoms with Crippen LogP contribution in [0.15, 0.2) is 47.6 Å². The Morgan fingerprint density at radius 1 is 1.13 bits per heavy atom. The van der Waals surface area contributed by atoms with Gasteiger partial charge in [-0.1, -0.05) is 41.0 Å². The maximum Gasteiger partial charge on any atom is 0.251 e. The lowest BCUT2D eigenvalue weighted by Crippen LogP contribution is -2.28. The third-order valence-corrected chi connectivity index (χ3v) is 6.27. The average molecular weight is 478 g/mol. The molecular weight excluding hydrogens is 457 g/mol. The molecule has 2 N–H and O–H groups in total. The van der Waals surface area contributed by atoms with E-state index in [0.29, 0.717) is 32.3 Å². The van der Waals surface area contributed by atoms with Crippen molar-refractivity contribution in [1.82, 2.24) is 20.1 Å². The van der Waals surface area contributed by atoms with Crippen LogP contribution >= 0.6 is 35.0 Å². The lowest BCUT2D eigenvalue weighted by molar-refractivity contribution is -0.113. The number of aromatic nitrogens is 3. The highest BCUT2D eigenvalue weighted by atomic mass is 35.5. The molecule has 0 aliphatic heterocycles. The first kappa shape index (κ1) is 23.1. The second kappa shape index (κ2) is 10.2. The Balaban J connectivity index is 1.59. The van der Waals surface area contributed by atoms with Gasteiger partial charge < -0.3 is 15.2 Å². The standard InChI is InChI=1S/C21H21Cl2N5O2S/c1-12-16(23)5-4-6-17(12)25-18(29)11-31-21-27-26-19(28(21)3)13(2)24-20(30)14-7-9-15(22)10-8-14/h4-10,13H,11H2,1-3H3,(H,24,30)(H,25,29)/t13-/m1/s1. The van der Waals surface area contributed by atoms with Gasteiger partial charge in [0.25, 0.3) is 5.91 Å². The van der Waals surface area contributed by atoms with Crippen molar-refractivity contribution in [3.05, 3.63) is 69.5 Å². The molecule has 0 aliphatic rings. The highest BCUT2D eigenvalue weighted by Crippen LogP contribution is 2.24. The van der Waals surface area contributed by atoms with Gasteiger partial charge in [0.2, 0.25) is 5.91 Å². The fraction of sp³-hybridized carbons (Fsp3) is 0.238. The van der Waals surface area contributed by atoms with Crippen LogP contribution in [0.3, 0.4) is 0 Å². The number of nitrogens with zero attached hydrogens (tertiary/aromatic N) is 3. The Hall–Kier alpha value is -2.55. The lowest BCUT2D eigenvalue weighted by atomic mass is 10.2. The van der Waals surface area contributed by atoms with Gasteiger partial charge in [-0.25, -0.2) is 0 Å². The number of carbonyl (C=O) groups is 2. The van der Waals surface area contributed by atoms with Crippen molar-refractivity contribution in [3.8, 4) is 0 Å². The molecule has 0 fully saturated rings. The summed E-state index contributed by atoms with van der Waals surface area (Å²) in [6.07, 6.45) is 0. The second-order valence-corrected chi connectivity index (χ2v) is 8.64. The number of carbonyl (C=O) groups excluding carboxylic acids is 2. The molecule has 162 valence electrons. The largest absolute Gasteiger partial charge is 0.342 e. The molecule has 0 aliphatic carbocycles. The normalized spacial score (nSPS) is 11.8. The fourth-order valence-electron chi connectivity index (χ4n) is 2.83. The molecular formula is C21H21Cl2N5O2S. The van der Waals surface area contributed by atoms with E-state index in [0.717, 1.165) is 5.56 Å². The minimum absolute atomic E-state index is 0.156. The summed E-state index contributed by atoms with van der Waals surface area (Å²) in [5.41, 5.74) is 1.99. The summed E-state index contributed by atoms with van der Waals surface area (Å²) in [6.45, 7) is 3.67. The minimum Gasteiger partial charge on any atom is -0.342 e. The Morgan fingerprint density at radius 3 is 2.55 bits per heavy atom. The first-order valence-corrected chi connectivity index (χ1v) is 11.1. The van der Waals surface area contributed by atoms with Crippen LogP contribution in [0.1, 0.15) is 34.7 Å². The van der Waals surface area contributed by atoms with E-state index in [9.17, 15) is 9.59 Å². The highest BCUT2D eigenvalue weighted by Gasteiger charge is 2.19. The van der Waals surface area contributed by atoms with Gasteiger partial charge in [0.1, 0.15) is 0 Å². The summed E-state index contributed by atoms with van der Waals surface area (Å²) < 4.78 is 1.76. The number of hydrogen-bond acceptors (Lipinski definition) is 5. The second-order valence-electron chi connectivity index (χ2n) is 6.85. The van der Waals surface area contributed by atoms with Gasteiger partial charge in [0.15, 0.2) is 11.0 Å². The zero-order valence-electron chi connectivity index (χ0n) is 17.1. The van der Waals surface area contributed by atoms with Crippen molar-refractivity contribution in [3.63, 3.8) is 0 Å². The molecule has 0 spiro atoms. The topological polar surface area (TPSA) is 88.9 Å². The summed E-state index contributed by atoms with van der Waals surface area (Å²) in [6, 6.07) is 11.6. The van der Waals surface area contributed by atoms with Gasteiger partial charge in [0.05, 0.1) is 11.8 Å². The van der Waals surface area contributed by atoms with Gasteiger partial charge in [0, 0.05) is 28.3 Å². The molecule has 1 atom stereocenters. The Morgan fingerprint density at radius 2 is 1.84 bits per heavy atom. The van der Waals surface area contributed by atoms with Crippen molar-refractivity contribution < 1.29 is 9.59 Å². The van der Waals surface area contributed by atoms with Gasteiger partial charge in [-0.15, -0.1) is 10.2 Å². The molecule has 31 heavy (non-hydrogen) atoms. The summed E-state index contributed by atoms with van der Waals surface area (Å²) in [5.74, 6) is 0.321. The quantitative estimate of drug-likeness (QED) is 0.483. The third kappa shape index (κ3) is 5.78. The van der Waals surface area contributed by atoms with Crippen molar-refractivity contribution >= 4 is 52.5 Å². The molecule has 3 rings (SSSR count). The first-order valence-electron chi connectivity index (χ1n) is 9.39.